The molecule has 3 aromatic rings. The Hall–Kier alpha value is -3.06. The second-order valence-electron chi connectivity index (χ2n) is 5.81. The number of thiazole rings is 1. The molecule has 8 nitrogen and oxygen atoms in total. The zero-order chi connectivity index (χ0) is 20.1. The van der Waals surface area contributed by atoms with Gasteiger partial charge in [-0.15, -0.1) is 11.3 Å². The molecule has 1 aromatic carbocycles. The van der Waals surface area contributed by atoms with Crippen molar-refractivity contribution in [1.29, 1.82) is 0 Å². The highest BCUT2D eigenvalue weighted by Crippen LogP contribution is 2.29. The second kappa shape index (κ2) is 6.53. The van der Waals surface area contributed by atoms with Crippen LogP contribution in [0.5, 0.6) is 0 Å². The molecule has 1 aliphatic rings. The molecule has 0 saturated heterocycles. The highest BCUT2D eigenvalue weighted by Gasteiger charge is 2.39. The van der Waals surface area contributed by atoms with E-state index in [0.29, 0.717) is 5.56 Å². The first-order valence-corrected chi connectivity index (χ1v) is 8.59. The molecule has 142 valence electrons. The first-order valence-electron chi connectivity index (χ1n) is 7.77. The lowest BCUT2D eigenvalue weighted by Gasteiger charge is -2.24. The average molecular weight is 407 g/mol. The van der Waals surface area contributed by atoms with Crippen molar-refractivity contribution < 1.29 is 27.5 Å². The van der Waals surface area contributed by atoms with E-state index in [4.69, 9.17) is 0 Å². The highest BCUT2D eigenvalue weighted by molar-refractivity contribution is 7.13. The Morgan fingerprint density at radius 2 is 2.14 bits per heavy atom. The quantitative estimate of drug-likeness (QED) is 0.649. The van der Waals surface area contributed by atoms with Gasteiger partial charge in [-0.1, -0.05) is 23.4 Å². The summed E-state index contributed by atoms with van der Waals surface area (Å²) in [5, 5.41) is 18.0. The molecular weight excluding hydrogens is 398 g/mol. The summed E-state index contributed by atoms with van der Waals surface area (Å²) in [4.78, 5) is 21.5. The first-order chi connectivity index (χ1) is 13.2. The Balaban J connectivity index is 1.66. The van der Waals surface area contributed by atoms with E-state index in [0.717, 1.165) is 21.1 Å². The molecule has 4 rings (SSSR count). The number of hydrazone groups is 1. The number of carbonyl (C=O) groups is 1. The summed E-state index contributed by atoms with van der Waals surface area (Å²) in [6.07, 6.45) is -1.87. The standard InChI is InChI=1S/C15H9BF3N5O3S/c1-7-5-20-12(28-7)13(25)24-16(26)10-4-8(2-3-9(10)6-21-24)11-22-14(27-23-11)15(17,18)19/h2-6,26H,1H3. The van der Waals surface area contributed by atoms with Crippen LogP contribution in [0, 0.1) is 6.92 Å². The van der Waals surface area contributed by atoms with E-state index in [1.54, 1.807) is 6.92 Å². The number of hydrogen-bond acceptors (Lipinski definition) is 8. The summed E-state index contributed by atoms with van der Waals surface area (Å²) < 4.78 is 42.2. The lowest BCUT2D eigenvalue weighted by molar-refractivity contribution is -0.159. The van der Waals surface area contributed by atoms with Crippen LogP contribution in [0.4, 0.5) is 13.2 Å². The van der Waals surface area contributed by atoms with Crippen molar-refractivity contribution in [3.05, 3.63) is 45.7 Å². The largest absolute Gasteiger partial charge is 0.475 e. The van der Waals surface area contributed by atoms with Crippen LogP contribution in [0.2, 0.25) is 0 Å². The molecule has 2 aromatic heterocycles. The lowest BCUT2D eigenvalue weighted by Crippen LogP contribution is -2.52. The maximum absolute atomic E-state index is 12.7. The van der Waals surface area contributed by atoms with Gasteiger partial charge in [-0.05, 0) is 17.9 Å². The van der Waals surface area contributed by atoms with Gasteiger partial charge in [0.15, 0.2) is 5.01 Å². The fourth-order valence-corrected chi connectivity index (χ4v) is 3.24. The van der Waals surface area contributed by atoms with Gasteiger partial charge in [-0.3, -0.25) is 4.79 Å². The second-order valence-corrected chi connectivity index (χ2v) is 7.04. The molecule has 0 bridgehead atoms. The minimum Gasteiger partial charge on any atom is -0.427 e. The van der Waals surface area contributed by atoms with E-state index in [2.05, 4.69) is 24.7 Å². The molecule has 0 aliphatic carbocycles. The molecule has 1 amide bonds. The zero-order valence-electron chi connectivity index (χ0n) is 14.0. The van der Waals surface area contributed by atoms with Gasteiger partial charge >= 0.3 is 19.1 Å². The van der Waals surface area contributed by atoms with Crippen LogP contribution in [-0.4, -0.2) is 44.2 Å². The van der Waals surface area contributed by atoms with Crippen LogP contribution in [0.25, 0.3) is 11.4 Å². The Kier molecular flexibility index (Phi) is 4.27. The minimum absolute atomic E-state index is 0.154. The van der Waals surface area contributed by atoms with Gasteiger partial charge < -0.3 is 9.55 Å². The van der Waals surface area contributed by atoms with E-state index < -0.39 is 25.0 Å². The number of aromatic nitrogens is 3. The van der Waals surface area contributed by atoms with Gasteiger partial charge in [0.25, 0.3) is 5.91 Å². The first kappa shape index (κ1) is 18.3. The van der Waals surface area contributed by atoms with Crippen LogP contribution in [0.1, 0.15) is 26.1 Å². The molecule has 3 heterocycles. The molecule has 13 heteroatoms. The van der Waals surface area contributed by atoms with Crippen molar-refractivity contribution in [2.45, 2.75) is 13.1 Å². The fraction of sp³-hybridized carbons (Fsp3) is 0.133. The number of aryl methyl sites for hydroxylation is 1. The van der Waals surface area contributed by atoms with E-state index in [-0.39, 0.29) is 21.9 Å². The van der Waals surface area contributed by atoms with E-state index in [1.165, 1.54) is 30.6 Å². The number of fused-ring (bicyclic) bond motifs is 1. The molecule has 0 spiro atoms. The third-order valence-corrected chi connectivity index (χ3v) is 4.76. The van der Waals surface area contributed by atoms with Crippen LogP contribution in [0.3, 0.4) is 0 Å². The van der Waals surface area contributed by atoms with Gasteiger partial charge in [-0.2, -0.15) is 23.3 Å². The van der Waals surface area contributed by atoms with Gasteiger partial charge in [0.2, 0.25) is 5.82 Å². The highest BCUT2D eigenvalue weighted by atomic mass is 32.1. The molecule has 1 aliphatic heterocycles. The summed E-state index contributed by atoms with van der Waals surface area (Å²) >= 11 is 1.15. The summed E-state index contributed by atoms with van der Waals surface area (Å²) in [6.45, 7) is 1.78. The molecular formula is C15H9BF3N5O3S. The maximum Gasteiger partial charge on any atom is 0.475 e. The SMILES string of the molecule is Cc1cnc(C(=O)N2N=Cc3ccc(-c4noc(C(F)(F)F)n4)cc3B2O)s1. The van der Waals surface area contributed by atoms with Crippen molar-refractivity contribution in [2.24, 2.45) is 5.10 Å². The molecule has 28 heavy (non-hydrogen) atoms. The number of halogens is 3. The summed E-state index contributed by atoms with van der Waals surface area (Å²) in [5.41, 5.74) is 0.937. The maximum atomic E-state index is 12.7. The van der Waals surface area contributed by atoms with Crippen molar-refractivity contribution >= 4 is 36.0 Å². The van der Waals surface area contributed by atoms with Crippen LogP contribution in [0.15, 0.2) is 34.0 Å². The molecule has 0 radical (unpaired) electrons. The molecule has 0 atom stereocenters. The molecule has 0 fully saturated rings. The summed E-state index contributed by atoms with van der Waals surface area (Å²) in [6, 6.07) is 4.37. The summed E-state index contributed by atoms with van der Waals surface area (Å²) in [5.74, 6) is -2.37. The molecule has 0 unspecified atom stereocenters. The topological polar surface area (TPSA) is 105 Å². The van der Waals surface area contributed by atoms with Gasteiger partial charge in [0.05, 0.1) is 6.21 Å². The van der Waals surface area contributed by atoms with Crippen molar-refractivity contribution in [3.63, 3.8) is 0 Å². The van der Waals surface area contributed by atoms with Crippen LogP contribution < -0.4 is 5.46 Å². The number of nitrogens with zero attached hydrogens (tertiary/aromatic N) is 5. The van der Waals surface area contributed by atoms with Crippen molar-refractivity contribution in [1.82, 2.24) is 20.0 Å². The lowest BCUT2D eigenvalue weighted by atomic mass is 9.69. The number of rotatable bonds is 2. The third-order valence-electron chi connectivity index (χ3n) is 3.86. The van der Waals surface area contributed by atoms with E-state index >= 15 is 0 Å². The summed E-state index contributed by atoms with van der Waals surface area (Å²) in [7, 11) is -1.45. The monoisotopic (exact) mass is 407 g/mol. The van der Waals surface area contributed by atoms with Crippen molar-refractivity contribution in [3.8, 4) is 11.4 Å². The number of alkyl halides is 3. The minimum atomic E-state index is -4.76. The molecule has 0 saturated carbocycles. The van der Waals surface area contributed by atoms with Crippen LogP contribution >= 0.6 is 11.3 Å². The van der Waals surface area contributed by atoms with Gasteiger partial charge in [-0.25, -0.2) is 9.90 Å². The van der Waals surface area contributed by atoms with Crippen LogP contribution in [-0.2, 0) is 6.18 Å². The number of carbonyl (C=O) groups excluding carboxylic acids is 1. The molecule has 1 N–H and O–H groups in total. The smallest absolute Gasteiger partial charge is 0.427 e. The fourth-order valence-electron chi connectivity index (χ4n) is 2.55. The third kappa shape index (κ3) is 3.18. The zero-order valence-corrected chi connectivity index (χ0v) is 14.8. The van der Waals surface area contributed by atoms with Crippen molar-refractivity contribution in [2.75, 3.05) is 0 Å². The number of amides is 1. The normalized spacial score (nSPS) is 13.8. The Labute approximate surface area is 159 Å². The van der Waals surface area contributed by atoms with Gasteiger partial charge in [0, 0.05) is 16.6 Å². The van der Waals surface area contributed by atoms with Gasteiger partial charge in [0.1, 0.15) is 0 Å². The predicted octanol–water partition coefficient (Wildman–Crippen LogP) is 1.70. The number of benzene rings is 1. The predicted molar refractivity (Wildman–Crippen MR) is 93.0 cm³/mol. The Morgan fingerprint density at radius 3 is 2.79 bits per heavy atom. The Bertz CT molecular complexity index is 1100. The van der Waals surface area contributed by atoms with E-state index in [9.17, 15) is 23.0 Å². The van der Waals surface area contributed by atoms with E-state index in [1.807, 2.05) is 0 Å². The Morgan fingerprint density at radius 1 is 1.36 bits per heavy atom. The number of hydrogen-bond donors (Lipinski definition) is 1. The average Bonchev–Trinajstić information content (AvgIpc) is 3.30.